The summed E-state index contributed by atoms with van der Waals surface area (Å²) in [6.45, 7) is 12.1. The molecule has 0 aliphatic heterocycles. The summed E-state index contributed by atoms with van der Waals surface area (Å²) in [5, 5.41) is 3.57. The van der Waals surface area contributed by atoms with Gasteiger partial charge in [-0.2, -0.15) is 0 Å². The normalized spacial score (nSPS) is 13.2. The van der Waals surface area contributed by atoms with Crippen molar-refractivity contribution in [1.29, 1.82) is 0 Å². The van der Waals surface area contributed by atoms with Crippen LogP contribution in [0.3, 0.4) is 0 Å². The highest BCUT2D eigenvalue weighted by Crippen LogP contribution is 2.25. The first-order valence-corrected chi connectivity index (χ1v) is 5.86. The monoisotopic (exact) mass is 205 g/mol. The first kappa shape index (κ1) is 12.3. The fourth-order valence-electron chi connectivity index (χ4n) is 2.02. The second-order valence-corrected chi connectivity index (χ2v) is 4.64. The van der Waals surface area contributed by atoms with Crippen molar-refractivity contribution in [2.24, 2.45) is 5.92 Å². The molecule has 0 aliphatic rings. The minimum absolute atomic E-state index is 0.481. The molecule has 0 saturated heterocycles. The molecule has 0 spiro atoms. The van der Waals surface area contributed by atoms with Crippen LogP contribution in [0.1, 0.15) is 43.5 Å². The summed E-state index contributed by atoms with van der Waals surface area (Å²) in [5.74, 6) is 0.630. The van der Waals surface area contributed by atoms with Crippen LogP contribution in [0.4, 0.5) is 0 Å². The SMILES string of the molecule is CCNC(c1cc(C)ccc1C)C(C)C. The molecule has 1 unspecified atom stereocenters. The van der Waals surface area contributed by atoms with Crippen molar-refractivity contribution in [3.05, 3.63) is 34.9 Å². The Morgan fingerprint density at radius 1 is 1.20 bits per heavy atom. The Labute approximate surface area is 93.9 Å². The predicted octanol–water partition coefficient (Wildman–Crippen LogP) is 3.61. The van der Waals surface area contributed by atoms with Crippen molar-refractivity contribution < 1.29 is 0 Å². The summed E-state index contributed by atoms with van der Waals surface area (Å²) in [4.78, 5) is 0. The van der Waals surface area contributed by atoms with Crippen molar-refractivity contribution in [3.63, 3.8) is 0 Å². The Balaban J connectivity index is 3.04. The van der Waals surface area contributed by atoms with Crippen LogP contribution < -0.4 is 5.32 Å². The number of rotatable bonds is 4. The molecule has 0 bridgehead atoms. The van der Waals surface area contributed by atoms with Crippen LogP contribution in [0.15, 0.2) is 18.2 Å². The number of aryl methyl sites for hydroxylation is 2. The van der Waals surface area contributed by atoms with E-state index in [1.807, 2.05) is 0 Å². The van der Waals surface area contributed by atoms with E-state index in [1.165, 1.54) is 16.7 Å². The Morgan fingerprint density at radius 2 is 1.87 bits per heavy atom. The summed E-state index contributed by atoms with van der Waals surface area (Å²) < 4.78 is 0. The van der Waals surface area contributed by atoms with Crippen LogP contribution >= 0.6 is 0 Å². The molecular weight excluding hydrogens is 182 g/mol. The van der Waals surface area contributed by atoms with Crippen LogP contribution in [-0.4, -0.2) is 6.54 Å². The molecule has 0 radical (unpaired) electrons. The minimum atomic E-state index is 0.481. The number of hydrogen-bond donors (Lipinski definition) is 1. The van der Waals surface area contributed by atoms with E-state index < -0.39 is 0 Å². The van der Waals surface area contributed by atoms with Crippen LogP contribution in [0, 0.1) is 19.8 Å². The first-order chi connectivity index (χ1) is 7.06. The van der Waals surface area contributed by atoms with Crippen LogP contribution in [0.25, 0.3) is 0 Å². The van der Waals surface area contributed by atoms with Gasteiger partial charge in [-0.3, -0.25) is 0 Å². The van der Waals surface area contributed by atoms with E-state index in [2.05, 4.69) is 58.1 Å². The first-order valence-electron chi connectivity index (χ1n) is 5.86. The average Bonchev–Trinajstić information content (AvgIpc) is 2.18. The molecule has 1 aromatic rings. The highest BCUT2D eigenvalue weighted by Gasteiger charge is 2.16. The zero-order chi connectivity index (χ0) is 11.4. The van der Waals surface area contributed by atoms with Gasteiger partial charge >= 0.3 is 0 Å². The van der Waals surface area contributed by atoms with Gasteiger partial charge in [-0.1, -0.05) is 44.5 Å². The van der Waals surface area contributed by atoms with Crippen molar-refractivity contribution in [1.82, 2.24) is 5.32 Å². The molecule has 1 atom stereocenters. The van der Waals surface area contributed by atoms with Gasteiger partial charge in [-0.25, -0.2) is 0 Å². The van der Waals surface area contributed by atoms with Gasteiger partial charge < -0.3 is 5.32 Å². The van der Waals surface area contributed by atoms with Crippen LogP contribution in [0.2, 0.25) is 0 Å². The maximum absolute atomic E-state index is 3.57. The topological polar surface area (TPSA) is 12.0 Å². The van der Waals surface area contributed by atoms with Crippen molar-refractivity contribution in [3.8, 4) is 0 Å². The molecule has 0 amide bonds. The fraction of sp³-hybridized carbons (Fsp3) is 0.571. The third-order valence-corrected chi connectivity index (χ3v) is 2.86. The minimum Gasteiger partial charge on any atom is -0.310 e. The fourth-order valence-corrected chi connectivity index (χ4v) is 2.02. The summed E-state index contributed by atoms with van der Waals surface area (Å²) in [6, 6.07) is 7.19. The number of nitrogens with one attached hydrogen (secondary N) is 1. The predicted molar refractivity (Wildman–Crippen MR) is 67.2 cm³/mol. The van der Waals surface area contributed by atoms with E-state index in [4.69, 9.17) is 0 Å². The van der Waals surface area contributed by atoms with Crippen molar-refractivity contribution in [2.75, 3.05) is 6.54 Å². The number of benzene rings is 1. The van der Waals surface area contributed by atoms with E-state index in [0.29, 0.717) is 12.0 Å². The van der Waals surface area contributed by atoms with Gasteiger partial charge in [-0.05, 0) is 37.4 Å². The lowest BCUT2D eigenvalue weighted by molar-refractivity contribution is 0.420. The Kier molecular flexibility index (Phi) is 4.34. The van der Waals surface area contributed by atoms with E-state index in [0.717, 1.165) is 6.54 Å². The van der Waals surface area contributed by atoms with Crippen molar-refractivity contribution >= 4 is 0 Å². The molecule has 1 nitrogen and oxygen atoms in total. The van der Waals surface area contributed by atoms with E-state index in [1.54, 1.807) is 0 Å². The van der Waals surface area contributed by atoms with Crippen LogP contribution in [0.5, 0.6) is 0 Å². The van der Waals surface area contributed by atoms with Gasteiger partial charge in [0.25, 0.3) is 0 Å². The van der Waals surface area contributed by atoms with E-state index in [9.17, 15) is 0 Å². The standard InChI is InChI=1S/C14H23N/c1-6-15-14(10(2)3)13-9-11(4)7-8-12(13)5/h7-10,14-15H,6H2,1-5H3. The third-order valence-electron chi connectivity index (χ3n) is 2.86. The molecule has 0 fully saturated rings. The van der Waals surface area contributed by atoms with Gasteiger partial charge in [-0.15, -0.1) is 0 Å². The maximum Gasteiger partial charge on any atom is 0.0345 e. The van der Waals surface area contributed by atoms with E-state index in [-0.39, 0.29) is 0 Å². The molecule has 0 aromatic heterocycles. The Bertz CT molecular complexity index is 315. The van der Waals surface area contributed by atoms with Crippen molar-refractivity contribution in [2.45, 2.75) is 40.7 Å². The smallest absolute Gasteiger partial charge is 0.0345 e. The summed E-state index contributed by atoms with van der Waals surface area (Å²) in [6.07, 6.45) is 0. The van der Waals surface area contributed by atoms with Gasteiger partial charge in [0.15, 0.2) is 0 Å². The van der Waals surface area contributed by atoms with Gasteiger partial charge in [0, 0.05) is 6.04 Å². The highest BCUT2D eigenvalue weighted by atomic mass is 14.9. The van der Waals surface area contributed by atoms with Gasteiger partial charge in [0.1, 0.15) is 0 Å². The van der Waals surface area contributed by atoms with Gasteiger partial charge in [0.2, 0.25) is 0 Å². The second kappa shape index (κ2) is 5.32. The quantitative estimate of drug-likeness (QED) is 0.791. The molecule has 1 N–H and O–H groups in total. The molecule has 0 saturated carbocycles. The molecule has 0 heterocycles. The molecular formula is C14H23N. The third kappa shape index (κ3) is 3.07. The highest BCUT2D eigenvalue weighted by molar-refractivity contribution is 5.33. The molecule has 0 aliphatic carbocycles. The van der Waals surface area contributed by atoms with Crippen LogP contribution in [-0.2, 0) is 0 Å². The summed E-state index contributed by atoms with van der Waals surface area (Å²) >= 11 is 0. The maximum atomic E-state index is 3.57. The zero-order valence-electron chi connectivity index (χ0n) is 10.6. The molecule has 1 heteroatoms. The lowest BCUT2D eigenvalue weighted by Gasteiger charge is -2.24. The zero-order valence-corrected chi connectivity index (χ0v) is 10.6. The largest absolute Gasteiger partial charge is 0.310 e. The lowest BCUT2D eigenvalue weighted by Crippen LogP contribution is -2.26. The average molecular weight is 205 g/mol. The molecule has 1 aromatic carbocycles. The number of hydrogen-bond acceptors (Lipinski definition) is 1. The second-order valence-electron chi connectivity index (χ2n) is 4.64. The van der Waals surface area contributed by atoms with E-state index >= 15 is 0 Å². The lowest BCUT2D eigenvalue weighted by atomic mass is 9.91. The molecule has 1 rings (SSSR count). The Hall–Kier alpha value is -0.820. The molecule has 84 valence electrons. The molecule has 15 heavy (non-hydrogen) atoms. The van der Waals surface area contributed by atoms with Gasteiger partial charge in [0.05, 0.1) is 0 Å². The Morgan fingerprint density at radius 3 is 2.40 bits per heavy atom. The summed E-state index contributed by atoms with van der Waals surface area (Å²) in [7, 11) is 0. The summed E-state index contributed by atoms with van der Waals surface area (Å²) in [5.41, 5.74) is 4.19.